The zero-order valence-electron chi connectivity index (χ0n) is 12.3. The molecule has 1 aromatic carbocycles. The third kappa shape index (κ3) is 3.08. The van der Waals surface area contributed by atoms with Crippen molar-refractivity contribution in [2.45, 2.75) is 13.5 Å². The van der Waals surface area contributed by atoms with Gasteiger partial charge in [-0.15, -0.1) is 0 Å². The molecule has 6 nitrogen and oxygen atoms in total. The quantitative estimate of drug-likeness (QED) is 0.874. The predicted octanol–water partition coefficient (Wildman–Crippen LogP) is 2.63. The topological polar surface area (TPSA) is 90.3 Å². The van der Waals surface area contributed by atoms with Crippen molar-refractivity contribution in [3.05, 3.63) is 41.2 Å². The number of ether oxygens (including phenoxy) is 2. The van der Waals surface area contributed by atoms with Crippen LogP contribution in [0.1, 0.15) is 21.6 Å². The summed E-state index contributed by atoms with van der Waals surface area (Å²) >= 11 is 0. The summed E-state index contributed by atoms with van der Waals surface area (Å²) in [7, 11) is 1.19. The number of nitrogens with two attached hydrogens (primary N) is 1. The number of nitrogen functional groups attached to an aromatic ring is 1. The third-order valence-electron chi connectivity index (χ3n) is 3.20. The van der Waals surface area contributed by atoms with Gasteiger partial charge in [-0.3, -0.25) is 0 Å². The maximum atomic E-state index is 12.3. The smallest absolute Gasteiger partial charge is 0.387 e. The van der Waals surface area contributed by atoms with Crippen LogP contribution in [0, 0.1) is 18.3 Å². The SMILES string of the molecule is COC(=O)c1c(N)c(C#N)cn1-c1ccc(OC(F)F)cc1C. The van der Waals surface area contributed by atoms with Crippen LogP contribution in [-0.2, 0) is 4.74 Å². The van der Waals surface area contributed by atoms with E-state index in [1.54, 1.807) is 6.92 Å². The normalized spacial score (nSPS) is 10.4. The fourth-order valence-electron chi connectivity index (χ4n) is 2.18. The molecule has 0 aliphatic heterocycles. The predicted molar refractivity (Wildman–Crippen MR) is 77.6 cm³/mol. The number of aromatic nitrogens is 1. The van der Waals surface area contributed by atoms with Crippen molar-refractivity contribution in [3.8, 4) is 17.5 Å². The molecule has 2 aromatic rings. The highest BCUT2D eigenvalue weighted by molar-refractivity contribution is 5.96. The van der Waals surface area contributed by atoms with Crippen molar-refractivity contribution < 1.29 is 23.0 Å². The molecule has 0 aliphatic rings. The number of carbonyl (C=O) groups excluding carboxylic acids is 1. The molecule has 2 N–H and O–H groups in total. The maximum absolute atomic E-state index is 12.3. The summed E-state index contributed by atoms with van der Waals surface area (Å²) in [6.45, 7) is -1.28. The largest absolute Gasteiger partial charge is 0.464 e. The van der Waals surface area contributed by atoms with Crippen molar-refractivity contribution in [2.24, 2.45) is 0 Å². The first-order valence-corrected chi connectivity index (χ1v) is 6.44. The van der Waals surface area contributed by atoms with Crippen LogP contribution in [0.5, 0.6) is 5.75 Å². The van der Waals surface area contributed by atoms with Gasteiger partial charge in [0.2, 0.25) is 0 Å². The summed E-state index contributed by atoms with van der Waals surface area (Å²) in [6.07, 6.45) is 1.39. The summed E-state index contributed by atoms with van der Waals surface area (Å²) in [4.78, 5) is 11.9. The van der Waals surface area contributed by atoms with Crippen LogP contribution in [0.4, 0.5) is 14.5 Å². The van der Waals surface area contributed by atoms with Gasteiger partial charge < -0.3 is 19.8 Å². The number of methoxy groups -OCH3 is 1. The Bertz CT molecular complexity index is 794. The molecule has 2 rings (SSSR count). The van der Waals surface area contributed by atoms with Crippen LogP contribution in [0.15, 0.2) is 24.4 Å². The number of alkyl halides is 2. The van der Waals surface area contributed by atoms with E-state index in [0.29, 0.717) is 11.3 Å². The van der Waals surface area contributed by atoms with Crippen LogP contribution in [0.3, 0.4) is 0 Å². The second-order valence-corrected chi connectivity index (χ2v) is 4.61. The lowest BCUT2D eigenvalue weighted by atomic mass is 10.2. The number of nitrogens with zero attached hydrogens (tertiary/aromatic N) is 2. The minimum atomic E-state index is -2.93. The Balaban J connectivity index is 2.58. The molecule has 0 saturated carbocycles. The van der Waals surface area contributed by atoms with Crippen LogP contribution in [-0.4, -0.2) is 24.3 Å². The van der Waals surface area contributed by atoms with Gasteiger partial charge in [-0.1, -0.05) is 0 Å². The fraction of sp³-hybridized carbons (Fsp3) is 0.200. The van der Waals surface area contributed by atoms with E-state index in [4.69, 9.17) is 11.0 Å². The minimum absolute atomic E-state index is 0.00493. The van der Waals surface area contributed by atoms with Gasteiger partial charge in [-0.25, -0.2) is 4.79 Å². The first-order valence-electron chi connectivity index (χ1n) is 6.44. The van der Waals surface area contributed by atoms with Crippen molar-refractivity contribution >= 4 is 11.7 Å². The van der Waals surface area contributed by atoms with Crippen molar-refractivity contribution in [1.29, 1.82) is 5.26 Å². The van der Waals surface area contributed by atoms with Crippen molar-refractivity contribution in [2.75, 3.05) is 12.8 Å². The lowest BCUT2D eigenvalue weighted by molar-refractivity contribution is -0.0498. The molecule has 0 saturated heterocycles. The molecule has 1 aromatic heterocycles. The number of halogens is 2. The molecule has 8 heteroatoms. The average Bonchev–Trinajstić information content (AvgIpc) is 2.82. The number of esters is 1. The Hall–Kier alpha value is -3.08. The number of benzene rings is 1. The summed E-state index contributed by atoms with van der Waals surface area (Å²) in [5.41, 5.74) is 6.94. The van der Waals surface area contributed by atoms with Gasteiger partial charge in [0.15, 0.2) is 5.69 Å². The van der Waals surface area contributed by atoms with E-state index in [1.807, 2.05) is 6.07 Å². The highest BCUT2D eigenvalue weighted by Gasteiger charge is 2.22. The van der Waals surface area contributed by atoms with Gasteiger partial charge in [-0.2, -0.15) is 14.0 Å². The second-order valence-electron chi connectivity index (χ2n) is 4.61. The second kappa shape index (κ2) is 6.36. The van der Waals surface area contributed by atoms with Gasteiger partial charge >= 0.3 is 12.6 Å². The molecular weight excluding hydrogens is 308 g/mol. The molecule has 0 fully saturated rings. The zero-order chi connectivity index (χ0) is 17.1. The summed E-state index contributed by atoms with van der Waals surface area (Å²) in [6, 6.07) is 6.10. The molecule has 0 aliphatic carbocycles. The van der Waals surface area contributed by atoms with E-state index in [2.05, 4.69) is 9.47 Å². The van der Waals surface area contributed by atoms with Crippen LogP contribution in [0.25, 0.3) is 5.69 Å². The lowest BCUT2D eigenvalue weighted by Gasteiger charge is -2.13. The van der Waals surface area contributed by atoms with Gasteiger partial charge in [0.25, 0.3) is 0 Å². The maximum Gasteiger partial charge on any atom is 0.387 e. The van der Waals surface area contributed by atoms with Crippen molar-refractivity contribution in [1.82, 2.24) is 4.57 Å². The van der Waals surface area contributed by atoms with E-state index in [-0.39, 0.29) is 22.7 Å². The Kier molecular flexibility index (Phi) is 4.50. The van der Waals surface area contributed by atoms with Crippen molar-refractivity contribution in [3.63, 3.8) is 0 Å². The Morgan fingerprint density at radius 2 is 2.13 bits per heavy atom. The zero-order valence-corrected chi connectivity index (χ0v) is 12.3. The third-order valence-corrected chi connectivity index (χ3v) is 3.20. The number of hydrogen-bond acceptors (Lipinski definition) is 5. The molecule has 0 radical (unpaired) electrons. The first kappa shape index (κ1) is 16.3. The van der Waals surface area contributed by atoms with Gasteiger partial charge in [0, 0.05) is 11.9 Å². The molecule has 0 atom stereocenters. The number of carbonyl (C=O) groups is 1. The fourth-order valence-corrected chi connectivity index (χ4v) is 2.18. The highest BCUT2D eigenvalue weighted by atomic mass is 19.3. The molecule has 1 heterocycles. The first-order chi connectivity index (χ1) is 10.9. The van der Waals surface area contributed by atoms with E-state index in [0.717, 1.165) is 0 Å². The molecule has 120 valence electrons. The van der Waals surface area contributed by atoms with E-state index in [9.17, 15) is 13.6 Å². The van der Waals surface area contributed by atoms with Crippen LogP contribution in [0.2, 0.25) is 0 Å². The molecule has 0 spiro atoms. The molecule has 23 heavy (non-hydrogen) atoms. The number of rotatable bonds is 4. The van der Waals surface area contributed by atoms with Crippen LogP contribution < -0.4 is 10.5 Å². The summed E-state index contributed by atoms with van der Waals surface area (Å²) in [5, 5.41) is 9.07. The Morgan fingerprint density at radius 1 is 1.43 bits per heavy atom. The average molecular weight is 321 g/mol. The number of anilines is 1. The Labute approximate surface area is 130 Å². The minimum Gasteiger partial charge on any atom is -0.464 e. The standard InChI is InChI=1S/C15H13F2N3O3/c1-8-5-10(23-15(16)17)3-4-11(8)20-7-9(6-18)12(19)13(20)14(21)22-2/h3-5,7,15H,19H2,1-2H3. The number of aryl methyl sites for hydroxylation is 1. The molecule has 0 amide bonds. The number of hydrogen-bond donors (Lipinski definition) is 1. The van der Waals surface area contributed by atoms with Gasteiger partial charge in [-0.05, 0) is 30.7 Å². The van der Waals surface area contributed by atoms with E-state index < -0.39 is 12.6 Å². The summed E-state index contributed by atoms with van der Waals surface area (Å²) < 4.78 is 34.9. The summed E-state index contributed by atoms with van der Waals surface area (Å²) in [5.74, 6) is -0.724. The van der Waals surface area contributed by atoms with Crippen LogP contribution >= 0.6 is 0 Å². The monoisotopic (exact) mass is 321 g/mol. The molecule has 0 unspecified atom stereocenters. The van der Waals surface area contributed by atoms with E-state index >= 15 is 0 Å². The van der Waals surface area contributed by atoms with Gasteiger partial charge in [0.1, 0.15) is 11.8 Å². The van der Waals surface area contributed by atoms with Gasteiger partial charge in [0.05, 0.1) is 18.4 Å². The Morgan fingerprint density at radius 3 is 2.65 bits per heavy atom. The van der Waals surface area contributed by atoms with E-state index in [1.165, 1.54) is 36.1 Å². The highest BCUT2D eigenvalue weighted by Crippen LogP contribution is 2.28. The molecular formula is C15H13F2N3O3. The number of nitriles is 1. The lowest BCUT2D eigenvalue weighted by Crippen LogP contribution is -2.12. The molecule has 0 bridgehead atoms.